The number of benzene rings is 2. The maximum Gasteiger partial charge on any atom is 0.407 e. The number of rotatable bonds is 4. The van der Waals surface area contributed by atoms with Gasteiger partial charge in [0.1, 0.15) is 0 Å². The van der Waals surface area contributed by atoms with E-state index in [9.17, 15) is 4.79 Å². The number of hydrogen-bond donors (Lipinski definition) is 1. The van der Waals surface area contributed by atoms with Gasteiger partial charge >= 0.3 is 6.09 Å². The zero-order chi connectivity index (χ0) is 16.4. The number of carboxylic acid groups (broad SMARTS) is 1. The van der Waals surface area contributed by atoms with Gasteiger partial charge in [-0.1, -0.05) is 35.5 Å². The third-order valence-corrected chi connectivity index (χ3v) is 5.15. The summed E-state index contributed by atoms with van der Waals surface area (Å²) in [7, 11) is 1.59. The highest BCUT2D eigenvalue weighted by Gasteiger charge is 2.23. The van der Waals surface area contributed by atoms with Crippen molar-refractivity contribution in [1.82, 2.24) is 4.90 Å². The van der Waals surface area contributed by atoms with E-state index in [1.165, 1.54) is 14.7 Å². The fourth-order valence-corrected chi connectivity index (χ4v) is 3.85. The average molecular weight is 349 g/mol. The van der Waals surface area contributed by atoms with Crippen molar-refractivity contribution in [2.24, 2.45) is 0 Å². The summed E-state index contributed by atoms with van der Waals surface area (Å²) in [6.45, 7) is 1.24. The van der Waals surface area contributed by atoms with E-state index < -0.39 is 6.09 Å². The molecule has 2 aromatic carbocycles. The van der Waals surface area contributed by atoms with Gasteiger partial charge in [0.25, 0.3) is 0 Å². The molecule has 0 saturated heterocycles. The Bertz CT molecular complexity index is 738. The average Bonchev–Trinajstić information content (AvgIpc) is 2.54. The summed E-state index contributed by atoms with van der Waals surface area (Å²) < 4.78 is 0. The van der Waals surface area contributed by atoms with Gasteiger partial charge in [-0.05, 0) is 36.8 Å². The summed E-state index contributed by atoms with van der Waals surface area (Å²) >= 11 is 7.91. The Morgan fingerprint density at radius 3 is 2.74 bits per heavy atom. The van der Waals surface area contributed by atoms with Crippen molar-refractivity contribution in [2.45, 2.75) is 16.2 Å². The second kappa shape index (κ2) is 6.72. The van der Waals surface area contributed by atoms with Crippen LogP contribution in [0.3, 0.4) is 0 Å². The molecule has 0 bridgehead atoms. The molecule has 3 rings (SSSR count). The van der Waals surface area contributed by atoms with Crippen molar-refractivity contribution in [3.63, 3.8) is 0 Å². The van der Waals surface area contributed by atoms with Crippen LogP contribution >= 0.6 is 23.4 Å². The van der Waals surface area contributed by atoms with Crippen LogP contribution in [0.2, 0.25) is 5.02 Å². The predicted octanol–water partition coefficient (Wildman–Crippen LogP) is 4.94. The van der Waals surface area contributed by atoms with Crippen molar-refractivity contribution in [1.29, 1.82) is 0 Å². The van der Waals surface area contributed by atoms with Gasteiger partial charge < -0.3 is 14.9 Å². The van der Waals surface area contributed by atoms with Gasteiger partial charge in [0, 0.05) is 35.0 Å². The van der Waals surface area contributed by atoms with Gasteiger partial charge in [-0.15, -0.1) is 0 Å². The van der Waals surface area contributed by atoms with E-state index >= 15 is 0 Å². The topological polar surface area (TPSA) is 43.8 Å². The van der Waals surface area contributed by atoms with Gasteiger partial charge in [0.15, 0.2) is 0 Å². The van der Waals surface area contributed by atoms with E-state index in [1.807, 2.05) is 30.3 Å². The number of halogens is 1. The fourth-order valence-electron chi connectivity index (χ4n) is 2.60. The first kappa shape index (κ1) is 16.0. The zero-order valence-corrected chi connectivity index (χ0v) is 14.3. The first-order valence-electron chi connectivity index (χ1n) is 7.34. The van der Waals surface area contributed by atoms with E-state index in [2.05, 4.69) is 17.0 Å². The Morgan fingerprint density at radius 2 is 1.96 bits per heavy atom. The van der Waals surface area contributed by atoms with Crippen LogP contribution in [-0.2, 0) is 0 Å². The minimum absolute atomic E-state index is 0.497. The Labute approximate surface area is 144 Å². The normalized spacial score (nSPS) is 12.5. The molecule has 23 heavy (non-hydrogen) atoms. The number of carbonyl (C=O) groups is 1. The van der Waals surface area contributed by atoms with Gasteiger partial charge in [-0.3, -0.25) is 0 Å². The Hall–Kier alpha value is -1.85. The molecule has 0 spiro atoms. The standard InChI is InChI=1S/C17H17ClN2O2S/c1-19(17(21)22)9-4-10-20-13-5-2-3-6-15(13)23-16-8-7-12(18)11-14(16)20/h2-3,5-8,11H,4,9-10H2,1H3,(H,21,22). The summed E-state index contributed by atoms with van der Waals surface area (Å²) in [5.74, 6) is 0. The molecule has 0 atom stereocenters. The molecule has 2 aromatic rings. The van der Waals surface area contributed by atoms with Crippen LogP contribution in [0.4, 0.5) is 16.2 Å². The molecule has 6 heteroatoms. The van der Waals surface area contributed by atoms with E-state index in [-0.39, 0.29) is 0 Å². The lowest BCUT2D eigenvalue weighted by Gasteiger charge is -2.33. The molecule has 0 fully saturated rings. The highest BCUT2D eigenvalue weighted by Crippen LogP contribution is 2.48. The second-order valence-corrected chi connectivity index (χ2v) is 6.91. The maximum absolute atomic E-state index is 10.9. The molecule has 0 saturated carbocycles. The summed E-state index contributed by atoms with van der Waals surface area (Å²) in [6.07, 6.45) is -0.156. The highest BCUT2D eigenvalue weighted by molar-refractivity contribution is 7.99. The van der Waals surface area contributed by atoms with Crippen LogP contribution in [0, 0.1) is 0 Å². The molecule has 0 radical (unpaired) electrons. The van der Waals surface area contributed by atoms with Crippen LogP contribution in [0.15, 0.2) is 52.3 Å². The smallest absolute Gasteiger partial charge is 0.407 e. The monoisotopic (exact) mass is 348 g/mol. The summed E-state index contributed by atoms with van der Waals surface area (Å²) in [6, 6.07) is 14.2. The predicted molar refractivity (Wildman–Crippen MR) is 94.3 cm³/mol. The molecule has 120 valence electrons. The van der Waals surface area contributed by atoms with E-state index in [0.717, 1.165) is 24.3 Å². The summed E-state index contributed by atoms with van der Waals surface area (Å²) in [4.78, 5) is 16.8. The lowest BCUT2D eigenvalue weighted by atomic mass is 10.2. The van der Waals surface area contributed by atoms with E-state index in [1.54, 1.807) is 18.8 Å². The number of nitrogens with zero attached hydrogens (tertiary/aromatic N) is 2. The summed E-state index contributed by atoms with van der Waals surface area (Å²) in [5.41, 5.74) is 2.23. The van der Waals surface area contributed by atoms with Crippen LogP contribution in [-0.4, -0.2) is 36.2 Å². The molecule has 1 amide bonds. The Kier molecular flexibility index (Phi) is 4.68. The van der Waals surface area contributed by atoms with Gasteiger partial charge in [-0.2, -0.15) is 0 Å². The third kappa shape index (κ3) is 3.41. The maximum atomic E-state index is 10.9. The molecular weight excluding hydrogens is 332 g/mol. The molecule has 1 heterocycles. The second-order valence-electron chi connectivity index (χ2n) is 5.39. The molecule has 4 nitrogen and oxygen atoms in total. The van der Waals surface area contributed by atoms with Gasteiger partial charge in [0.2, 0.25) is 0 Å². The molecule has 0 aromatic heterocycles. The number of hydrogen-bond acceptors (Lipinski definition) is 3. The molecule has 0 unspecified atom stereocenters. The van der Waals surface area contributed by atoms with Gasteiger partial charge in [-0.25, -0.2) is 4.79 Å². The fraction of sp³-hybridized carbons (Fsp3) is 0.235. The Morgan fingerprint density at radius 1 is 1.22 bits per heavy atom. The van der Waals surface area contributed by atoms with Crippen molar-refractivity contribution in [3.8, 4) is 0 Å². The summed E-state index contributed by atoms with van der Waals surface area (Å²) in [5, 5.41) is 9.67. The zero-order valence-electron chi connectivity index (χ0n) is 12.7. The molecule has 1 aliphatic rings. The van der Waals surface area contributed by atoms with Crippen molar-refractivity contribution >= 4 is 40.8 Å². The van der Waals surface area contributed by atoms with E-state index in [4.69, 9.17) is 16.7 Å². The van der Waals surface area contributed by atoms with Crippen LogP contribution in [0.1, 0.15) is 6.42 Å². The van der Waals surface area contributed by atoms with Crippen LogP contribution < -0.4 is 4.90 Å². The minimum atomic E-state index is -0.900. The van der Waals surface area contributed by atoms with Crippen LogP contribution in [0.25, 0.3) is 0 Å². The van der Waals surface area contributed by atoms with Crippen LogP contribution in [0.5, 0.6) is 0 Å². The largest absolute Gasteiger partial charge is 0.465 e. The first-order valence-corrected chi connectivity index (χ1v) is 8.54. The first-order chi connectivity index (χ1) is 11.1. The molecule has 1 aliphatic heterocycles. The Balaban J connectivity index is 1.86. The molecule has 0 aliphatic carbocycles. The van der Waals surface area contributed by atoms with Crippen molar-refractivity contribution in [2.75, 3.05) is 25.0 Å². The molecule has 1 N–H and O–H groups in total. The van der Waals surface area contributed by atoms with E-state index in [0.29, 0.717) is 11.6 Å². The number of amides is 1. The third-order valence-electron chi connectivity index (χ3n) is 3.79. The minimum Gasteiger partial charge on any atom is -0.465 e. The lowest BCUT2D eigenvalue weighted by molar-refractivity contribution is 0.156. The quantitative estimate of drug-likeness (QED) is 0.849. The highest BCUT2D eigenvalue weighted by atomic mass is 35.5. The number of anilines is 2. The van der Waals surface area contributed by atoms with Crippen molar-refractivity contribution in [3.05, 3.63) is 47.5 Å². The molecular formula is C17H17ClN2O2S. The SMILES string of the molecule is CN(CCCN1c2ccccc2Sc2ccc(Cl)cc21)C(=O)O. The van der Waals surface area contributed by atoms with Gasteiger partial charge in [0.05, 0.1) is 11.4 Å². The lowest BCUT2D eigenvalue weighted by Crippen LogP contribution is -2.29. The number of para-hydroxylation sites is 1. The van der Waals surface area contributed by atoms with Crippen molar-refractivity contribution < 1.29 is 9.90 Å². The number of fused-ring (bicyclic) bond motifs is 2.